The lowest BCUT2D eigenvalue weighted by Crippen LogP contribution is -2.42. The first-order valence-corrected chi connectivity index (χ1v) is 7.12. The van der Waals surface area contributed by atoms with Crippen LogP contribution in [0.15, 0.2) is 18.2 Å². The Balaban J connectivity index is 1.73. The van der Waals surface area contributed by atoms with E-state index in [0.717, 1.165) is 18.4 Å². The molecule has 0 aromatic heterocycles. The molecule has 1 aromatic carbocycles. The molecule has 2 atom stereocenters. The van der Waals surface area contributed by atoms with Crippen LogP contribution in [0.4, 0.5) is 4.39 Å². The lowest BCUT2D eigenvalue weighted by Gasteiger charge is -2.25. The summed E-state index contributed by atoms with van der Waals surface area (Å²) in [5.74, 6) is 0.321. The van der Waals surface area contributed by atoms with Gasteiger partial charge in [0.05, 0.1) is 13.2 Å². The Labute approximate surface area is 117 Å². The van der Waals surface area contributed by atoms with Crippen molar-refractivity contribution >= 4 is 0 Å². The summed E-state index contributed by atoms with van der Waals surface area (Å²) in [6.45, 7) is 2.06. The van der Waals surface area contributed by atoms with Gasteiger partial charge in [-0.15, -0.1) is 0 Å². The second kappa shape index (κ2) is 5.68. The maximum atomic E-state index is 13.3. The van der Waals surface area contributed by atoms with E-state index in [1.807, 2.05) is 0 Å². The monoisotopic (exact) mass is 281 g/mol. The molecule has 20 heavy (non-hydrogen) atoms. The highest BCUT2D eigenvalue weighted by Crippen LogP contribution is 2.32. The molecule has 3 rings (SSSR count). The minimum Gasteiger partial charge on any atom is -0.493 e. The quantitative estimate of drug-likeness (QED) is 0.887. The van der Waals surface area contributed by atoms with Crippen molar-refractivity contribution in [2.45, 2.75) is 30.9 Å². The molecule has 0 radical (unpaired) electrons. The first kappa shape index (κ1) is 13.8. The van der Waals surface area contributed by atoms with E-state index in [0.29, 0.717) is 38.5 Å². The van der Waals surface area contributed by atoms with Gasteiger partial charge in [-0.1, -0.05) is 6.07 Å². The second-order valence-corrected chi connectivity index (χ2v) is 5.63. The van der Waals surface area contributed by atoms with Crippen LogP contribution in [0.1, 0.15) is 30.9 Å². The van der Waals surface area contributed by atoms with Gasteiger partial charge in [0, 0.05) is 37.2 Å². The fourth-order valence-corrected chi connectivity index (χ4v) is 2.81. The highest BCUT2D eigenvalue weighted by molar-refractivity contribution is 5.37. The molecule has 2 aliphatic rings. The van der Waals surface area contributed by atoms with Gasteiger partial charge in [-0.25, -0.2) is 4.39 Å². The number of ether oxygens (including phenoxy) is 2. The van der Waals surface area contributed by atoms with E-state index in [1.165, 1.54) is 12.1 Å². The summed E-state index contributed by atoms with van der Waals surface area (Å²) in [7, 11) is 0. The van der Waals surface area contributed by atoms with Gasteiger partial charge in [-0.3, -0.25) is 0 Å². The maximum absolute atomic E-state index is 13.3. The average molecular weight is 281 g/mol. The van der Waals surface area contributed by atoms with Crippen LogP contribution in [0.3, 0.4) is 0 Å². The van der Waals surface area contributed by atoms with Gasteiger partial charge in [-0.05, 0) is 18.9 Å². The van der Waals surface area contributed by atoms with Crippen LogP contribution < -0.4 is 10.1 Å². The summed E-state index contributed by atoms with van der Waals surface area (Å²) in [5.41, 5.74) is 0.180. The minimum atomic E-state index is -0.784. The fourth-order valence-electron chi connectivity index (χ4n) is 2.81. The van der Waals surface area contributed by atoms with Crippen LogP contribution in [-0.4, -0.2) is 37.1 Å². The highest BCUT2D eigenvalue weighted by Gasteiger charge is 2.33. The molecular weight excluding hydrogens is 261 g/mol. The molecule has 0 aliphatic carbocycles. The molecule has 2 N–H and O–H groups in total. The lowest BCUT2D eigenvalue weighted by molar-refractivity contribution is 0.0245. The van der Waals surface area contributed by atoms with E-state index in [9.17, 15) is 9.50 Å². The van der Waals surface area contributed by atoms with Crippen molar-refractivity contribution in [2.75, 3.05) is 26.4 Å². The predicted molar refractivity (Wildman–Crippen MR) is 72.3 cm³/mol. The number of benzene rings is 1. The Morgan fingerprint density at radius 1 is 1.40 bits per heavy atom. The molecule has 2 unspecified atom stereocenters. The third-order valence-corrected chi connectivity index (χ3v) is 4.01. The van der Waals surface area contributed by atoms with Crippen molar-refractivity contribution in [2.24, 2.45) is 0 Å². The number of nitrogens with one attached hydrogen (secondary N) is 1. The Kier molecular flexibility index (Phi) is 3.92. The van der Waals surface area contributed by atoms with Crippen LogP contribution in [0.5, 0.6) is 5.75 Å². The van der Waals surface area contributed by atoms with Gasteiger partial charge in [0.2, 0.25) is 0 Å². The first-order valence-electron chi connectivity index (χ1n) is 7.12. The van der Waals surface area contributed by atoms with E-state index in [4.69, 9.17) is 9.47 Å². The molecule has 1 fully saturated rings. The molecule has 0 amide bonds. The fraction of sp³-hybridized carbons (Fsp3) is 0.600. The van der Waals surface area contributed by atoms with E-state index in [-0.39, 0.29) is 11.9 Å². The van der Waals surface area contributed by atoms with Crippen LogP contribution in [0.25, 0.3) is 0 Å². The molecule has 2 aliphatic heterocycles. The number of aliphatic hydroxyl groups is 1. The molecule has 4 nitrogen and oxygen atoms in total. The van der Waals surface area contributed by atoms with E-state index < -0.39 is 5.60 Å². The standard InChI is InChI=1S/C15H20FNO3/c16-11-3-4-12-13(2-1-6-20-14(12)8-11)17-9-15(18)5-7-19-10-15/h3-4,8,13,17-18H,1-2,5-7,9-10H2. The first-order chi connectivity index (χ1) is 9.66. The average Bonchev–Trinajstić information content (AvgIpc) is 2.76. The maximum Gasteiger partial charge on any atom is 0.126 e. The Bertz CT molecular complexity index is 474. The van der Waals surface area contributed by atoms with Gasteiger partial charge in [0.1, 0.15) is 17.2 Å². The number of rotatable bonds is 3. The second-order valence-electron chi connectivity index (χ2n) is 5.63. The van der Waals surface area contributed by atoms with Crippen molar-refractivity contribution < 1.29 is 19.0 Å². The van der Waals surface area contributed by atoms with Crippen LogP contribution in [0.2, 0.25) is 0 Å². The molecule has 110 valence electrons. The summed E-state index contributed by atoms with van der Waals surface area (Å²) in [6, 6.07) is 4.74. The minimum absolute atomic E-state index is 0.0812. The van der Waals surface area contributed by atoms with Crippen LogP contribution in [0, 0.1) is 5.82 Å². The van der Waals surface area contributed by atoms with E-state index in [1.54, 1.807) is 6.07 Å². The topological polar surface area (TPSA) is 50.7 Å². The smallest absolute Gasteiger partial charge is 0.126 e. The van der Waals surface area contributed by atoms with Crippen molar-refractivity contribution in [3.8, 4) is 5.75 Å². The molecule has 1 aromatic rings. The summed E-state index contributed by atoms with van der Waals surface area (Å²) in [5, 5.41) is 13.7. The van der Waals surface area contributed by atoms with Gasteiger partial charge in [0.25, 0.3) is 0 Å². The van der Waals surface area contributed by atoms with E-state index in [2.05, 4.69) is 5.32 Å². The van der Waals surface area contributed by atoms with Crippen molar-refractivity contribution in [3.63, 3.8) is 0 Å². The Morgan fingerprint density at radius 3 is 3.10 bits per heavy atom. The molecule has 1 saturated heterocycles. The summed E-state index contributed by atoms with van der Waals surface area (Å²) >= 11 is 0. The van der Waals surface area contributed by atoms with Crippen LogP contribution in [-0.2, 0) is 4.74 Å². The molecule has 0 spiro atoms. The molecule has 5 heteroatoms. The van der Waals surface area contributed by atoms with Crippen molar-refractivity contribution in [3.05, 3.63) is 29.6 Å². The third-order valence-electron chi connectivity index (χ3n) is 4.01. The zero-order valence-electron chi connectivity index (χ0n) is 11.4. The van der Waals surface area contributed by atoms with Gasteiger partial charge in [0.15, 0.2) is 0 Å². The zero-order valence-corrected chi connectivity index (χ0v) is 11.4. The predicted octanol–water partition coefficient (Wildman–Crippen LogP) is 1.78. The summed E-state index contributed by atoms with van der Waals surface area (Å²) < 4.78 is 24.1. The number of fused-ring (bicyclic) bond motifs is 1. The van der Waals surface area contributed by atoms with Gasteiger partial charge < -0.3 is 19.9 Å². The number of hydrogen-bond donors (Lipinski definition) is 2. The molecule has 2 heterocycles. The summed E-state index contributed by atoms with van der Waals surface area (Å²) in [6.07, 6.45) is 2.47. The van der Waals surface area contributed by atoms with E-state index >= 15 is 0 Å². The zero-order chi connectivity index (χ0) is 14.0. The normalized spacial score (nSPS) is 29.6. The van der Waals surface area contributed by atoms with Crippen LogP contribution >= 0.6 is 0 Å². The molecular formula is C15H20FNO3. The molecule has 0 bridgehead atoms. The lowest BCUT2D eigenvalue weighted by atomic mass is 9.99. The Morgan fingerprint density at radius 2 is 2.30 bits per heavy atom. The Hall–Kier alpha value is -1.17. The molecule has 0 saturated carbocycles. The van der Waals surface area contributed by atoms with Gasteiger partial charge >= 0.3 is 0 Å². The number of halogens is 1. The number of hydrogen-bond acceptors (Lipinski definition) is 4. The highest BCUT2D eigenvalue weighted by atomic mass is 19.1. The largest absolute Gasteiger partial charge is 0.493 e. The third kappa shape index (κ3) is 2.95. The summed E-state index contributed by atoms with van der Waals surface area (Å²) in [4.78, 5) is 0. The SMILES string of the molecule is OC1(CNC2CCCOc3cc(F)ccc32)CCOC1. The van der Waals surface area contributed by atoms with Gasteiger partial charge in [-0.2, -0.15) is 0 Å². The van der Waals surface area contributed by atoms with Crippen molar-refractivity contribution in [1.29, 1.82) is 0 Å². The van der Waals surface area contributed by atoms with Crippen molar-refractivity contribution in [1.82, 2.24) is 5.32 Å².